The number of aliphatic hydroxyl groups is 1. The third-order valence-electron chi connectivity index (χ3n) is 12.2. The first kappa shape index (κ1) is 58.1. The Kier molecular flexibility index (Phi) is 42.3. The second kappa shape index (κ2) is 43.7. The summed E-state index contributed by atoms with van der Waals surface area (Å²) in [5.74, 6) is 1.05. The number of aliphatic hydroxyl groups excluding tert-OH is 1. The summed E-state index contributed by atoms with van der Waals surface area (Å²) < 4.78 is 11.7. The van der Waals surface area contributed by atoms with Gasteiger partial charge in [0.05, 0.1) is 37.7 Å². The molecule has 3 atom stereocenters. The number of esters is 2. The van der Waals surface area contributed by atoms with Crippen LogP contribution in [0.2, 0.25) is 0 Å². The topological polar surface area (TPSA) is 91.7 Å². The second-order valence-electron chi connectivity index (χ2n) is 18.0. The molecule has 354 valence electrons. The summed E-state index contributed by atoms with van der Waals surface area (Å²) in [5.41, 5.74) is 0. The highest BCUT2D eigenvalue weighted by Crippen LogP contribution is 2.22. The SMILES string of the molecule is C=CN=C(CN(CCCCCCOC(=O)C(CCCCCC)CCCCCCCC)CC(O)CCCCOC(=O)C(CCCCCC)CCCCCCCC)N(C)CCC. The van der Waals surface area contributed by atoms with Crippen molar-refractivity contribution in [3.05, 3.63) is 12.8 Å². The number of hydrogen-bond acceptors (Lipinski definition) is 7. The average Bonchev–Trinajstić information content (AvgIpc) is 3.23. The van der Waals surface area contributed by atoms with Crippen molar-refractivity contribution >= 4 is 17.8 Å². The van der Waals surface area contributed by atoms with Gasteiger partial charge in [0, 0.05) is 26.3 Å². The smallest absolute Gasteiger partial charge is 0.308 e. The molecule has 0 spiro atoms. The Morgan fingerprint density at radius 1 is 0.533 bits per heavy atom. The van der Waals surface area contributed by atoms with Crippen molar-refractivity contribution in [3.63, 3.8) is 0 Å². The van der Waals surface area contributed by atoms with Gasteiger partial charge in [0.15, 0.2) is 0 Å². The Labute approximate surface area is 372 Å². The van der Waals surface area contributed by atoms with E-state index in [1.54, 1.807) is 6.20 Å². The van der Waals surface area contributed by atoms with Gasteiger partial charge in [-0.15, -0.1) is 0 Å². The summed E-state index contributed by atoms with van der Waals surface area (Å²) in [6, 6.07) is 0. The number of nitrogens with zero attached hydrogens (tertiary/aromatic N) is 3. The molecule has 0 amide bonds. The quantitative estimate of drug-likeness (QED) is 0.0282. The van der Waals surface area contributed by atoms with E-state index in [4.69, 9.17) is 9.47 Å². The third kappa shape index (κ3) is 34.6. The number of amidine groups is 1. The molecule has 0 aromatic heterocycles. The number of hydrogen-bond donors (Lipinski definition) is 1. The molecule has 60 heavy (non-hydrogen) atoms. The van der Waals surface area contributed by atoms with Gasteiger partial charge in [-0.05, 0) is 70.8 Å². The van der Waals surface area contributed by atoms with E-state index in [2.05, 4.69) is 63.0 Å². The molecular weight excluding hydrogens is 747 g/mol. The maximum absolute atomic E-state index is 13.1. The Morgan fingerprint density at radius 2 is 0.917 bits per heavy atom. The van der Waals surface area contributed by atoms with Crippen LogP contribution in [0, 0.1) is 11.8 Å². The highest BCUT2D eigenvalue weighted by atomic mass is 16.5. The molecular formula is C52H101N3O5. The van der Waals surface area contributed by atoms with E-state index in [0.717, 1.165) is 115 Å². The molecule has 0 radical (unpaired) electrons. The fraction of sp³-hybridized carbons (Fsp3) is 0.904. The van der Waals surface area contributed by atoms with E-state index in [0.29, 0.717) is 32.7 Å². The molecule has 0 fully saturated rings. The third-order valence-corrected chi connectivity index (χ3v) is 12.2. The fourth-order valence-electron chi connectivity index (χ4n) is 8.25. The number of rotatable bonds is 45. The van der Waals surface area contributed by atoms with Crippen molar-refractivity contribution in [2.24, 2.45) is 16.8 Å². The minimum absolute atomic E-state index is 0.0133. The molecule has 0 aliphatic carbocycles. The summed E-state index contributed by atoms with van der Waals surface area (Å²) in [4.78, 5) is 35.4. The highest BCUT2D eigenvalue weighted by molar-refractivity contribution is 5.84. The molecule has 0 aliphatic heterocycles. The van der Waals surface area contributed by atoms with Crippen LogP contribution in [0.1, 0.15) is 240 Å². The normalized spacial score (nSPS) is 13.4. The zero-order valence-electron chi connectivity index (χ0n) is 40.8. The molecule has 0 saturated heterocycles. The van der Waals surface area contributed by atoms with Crippen molar-refractivity contribution in [3.8, 4) is 0 Å². The van der Waals surface area contributed by atoms with Crippen LogP contribution in [-0.2, 0) is 19.1 Å². The van der Waals surface area contributed by atoms with E-state index in [1.165, 1.54) is 103 Å². The van der Waals surface area contributed by atoms with Gasteiger partial charge in [0.25, 0.3) is 0 Å². The molecule has 3 unspecified atom stereocenters. The van der Waals surface area contributed by atoms with Crippen LogP contribution in [0.3, 0.4) is 0 Å². The molecule has 8 nitrogen and oxygen atoms in total. The molecule has 1 N–H and O–H groups in total. The number of ether oxygens (including phenoxy) is 2. The summed E-state index contributed by atoms with van der Waals surface area (Å²) in [7, 11) is 2.08. The monoisotopic (exact) mass is 848 g/mol. The summed E-state index contributed by atoms with van der Waals surface area (Å²) in [6.07, 6.45) is 36.7. The van der Waals surface area contributed by atoms with Gasteiger partial charge in [-0.25, -0.2) is 4.99 Å². The van der Waals surface area contributed by atoms with Gasteiger partial charge in [0.2, 0.25) is 0 Å². The van der Waals surface area contributed by atoms with Gasteiger partial charge < -0.3 is 19.5 Å². The number of carbonyl (C=O) groups excluding carboxylic acids is 2. The summed E-state index contributed by atoms with van der Waals surface area (Å²) in [6.45, 7) is 18.9. The maximum atomic E-state index is 13.1. The Balaban J connectivity index is 4.96. The lowest BCUT2D eigenvalue weighted by Crippen LogP contribution is -2.42. The van der Waals surface area contributed by atoms with Crippen LogP contribution in [0.5, 0.6) is 0 Å². The van der Waals surface area contributed by atoms with E-state index in [1.807, 2.05) is 0 Å². The minimum atomic E-state index is -0.466. The van der Waals surface area contributed by atoms with Crippen LogP contribution < -0.4 is 0 Å². The van der Waals surface area contributed by atoms with Crippen LogP contribution in [-0.4, -0.2) is 85.2 Å². The van der Waals surface area contributed by atoms with Gasteiger partial charge in [-0.1, -0.05) is 182 Å². The average molecular weight is 848 g/mol. The standard InChI is InChI=1S/C52H101N3O5/c1-8-14-18-22-24-30-38-47(36-28-20-16-10-3)51(57)59-43-34-27-26-33-42-55(46-50(53-13-6)54(7)41-12-5)45-49(56)40-32-35-44-60-52(58)48(37-29-21-17-11-4)39-31-25-23-19-15-9-2/h13,47-49,56H,6,8-12,14-46H2,1-5,7H3. The van der Waals surface area contributed by atoms with Gasteiger partial charge in [0.1, 0.15) is 5.84 Å². The molecule has 8 heteroatoms. The fourth-order valence-corrected chi connectivity index (χ4v) is 8.25. The Morgan fingerprint density at radius 3 is 1.37 bits per heavy atom. The van der Waals surface area contributed by atoms with Gasteiger partial charge in [-0.2, -0.15) is 0 Å². The minimum Gasteiger partial charge on any atom is -0.465 e. The predicted octanol–water partition coefficient (Wildman–Crippen LogP) is 14.0. The lowest BCUT2D eigenvalue weighted by molar-refractivity contribution is -0.150. The van der Waals surface area contributed by atoms with Crippen LogP contribution >= 0.6 is 0 Å². The number of aliphatic imine (C=N–C) groups is 1. The molecule has 0 bridgehead atoms. The number of likely N-dealkylation sites (N-methyl/N-ethyl adjacent to an activating group) is 1. The second-order valence-corrected chi connectivity index (χ2v) is 18.0. The molecule has 0 saturated carbocycles. The lowest BCUT2D eigenvalue weighted by Gasteiger charge is -2.29. The van der Waals surface area contributed by atoms with Crippen molar-refractivity contribution in [2.45, 2.75) is 246 Å². The summed E-state index contributed by atoms with van der Waals surface area (Å²) >= 11 is 0. The van der Waals surface area contributed by atoms with Crippen molar-refractivity contribution in [2.75, 3.05) is 46.4 Å². The Hall–Kier alpha value is -1.93. The predicted molar refractivity (Wildman–Crippen MR) is 258 cm³/mol. The summed E-state index contributed by atoms with van der Waals surface area (Å²) in [5, 5.41) is 11.2. The van der Waals surface area contributed by atoms with Gasteiger partial charge >= 0.3 is 11.9 Å². The molecule has 0 aliphatic rings. The van der Waals surface area contributed by atoms with Gasteiger partial charge in [-0.3, -0.25) is 14.5 Å². The maximum Gasteiger partial charge on any atom is 0.308 e. The number of unbranched alkanes of at least 4 members (excludes halogenated alkanes) is 20. The van der Waals surface area contributed by atoms with E-state index in [9.17, 15) is 14.7 Å². The lowest BCUT2D eigenvalue weighted by atomic mass is 9.94. The van der Waals surface area contributed by atoms with E-state index in [-0.39, 0.29) is 23.8 Å². The van der Waals surface area contributed by atoms with Crippen molar-refractivity contribution < 1.29 is 24.2 Å². The highest BCUT2D eigenvalue weighted by Gasteiger charge is 2.21. The zero-order valence-corrected chi connectivity index (χ0v) is 40.8. The van der Waals surface area contributed by atoms with Crippen molar-refractivity contribution in [1.82, 2.24) is 9.80 Å². The number of carbonyl (C=O) groups is 2. The first-order valence-electron chi connectivity index (χ1n) is 25.9. The van der Waals surface area contributed by atoms with Crippen LogP contribution in [0.25, 0.3) is 0 Å². The first-order valence-corrected chi connectivity index (χ1v) is 25.9. The van der Waals surface area contributed by atoms with Crippen molar-refractivity contribution in [1.29, 1.82) is 0 Å². The molecule has 0 heterocycles. The first-order chi connectivity index (χ1) is 29.3. The van der Waals surface area contributed by atoms with E-state index >= 15 is 0 Å². The molecule has 0 aromatic carbocycles. The zero-order chi connectivity index (χ0) is 44.3. The largest absolute Gasteiger partial charge is 0.465 e. The molecule has 0 rings (SSSR count). The van der Waals surface area contributed by atoms with Crippen LogP contribution in [0.4, 0.5) is 0 Å². The van der Waals surface area contributed by atoms with Crippen LogP contribution in [0.15, 0.2) is 17.8 Å². The Bertz CT molecular complexity index is 1010. The molecule has 0 aromatic rings. The van der Waals surface area contributed by atoms with E-state index < -0.39 is 6.10 Å².